The van der Waals surface area contributed by atoms with Gasteiger partial charge in [0.2, 0.25) is 5.91 Å². The zero-order chi connectivity index (χ0) is 13.8. The van der Waals surface area contributed by atoms with Crippen molar-refractivity contribution in [3.8, 4) is 0 Å². The van der Waals surface area contributed by atoms with E-state index in [0.717, 1.165) is 19.5 Å². The molecule has 0 radical (unpaired) electrons. The zero-order valence-electron chi connectivity index (χ0n) is 12.1. The van der Waals surface area contributed by atoms with Gasteiger partial charge in [0.25, 0.3) is 0 Å². The lowest BCUT2D eigenvalue weighted by molar-refractivity contribution is -0.127. The Hall–Kier alpha value is -1.35. The molecular formula is C16H24N2O. The van der Waals surface area contributed by atoms with Crippen LogP contribution < -0.4 is 10.6 Å². The van der Waals surface area contributed by atoms with Crippen LogP contribution in [0.2, 0.25) is 0 Å². The standard InChI is InChI=1S/C16H24N2O/c1-11(2)8-13-4-6-14(7-5-13)12(3)18-16(19)15-9-17-10-15/h4-7,11-12,15,17H,8-10H2,1-3H3,(H,18,19). The first kappa shape index (κ1) is 14.1. The molecule has 1 amide bonds. The summed E-state index contributed by atoms with van der Waals surface area (Å²) >= 11 is 0. The Morgan fingerprint density at radius 1 is 1.26 bits per heavy atom. The summed E-state index contributed by atoms with van der Waals surface area (Å²) < 4.78 is 0. The number of carbonyl (C=O) groups excluding carboxylic acids is 1. The van der Waals surface area contributed by atoms with E-state index in [0.29, 0.717) is 5.92 Å². The van der Waals surface area contributed by atoms with Gasteiger partial charge in [0.15, 0.2) is 0 Å². The largest absolute Gasteiger partial charge is 0.349 e. The normalized spacial score (nSPS) is 17.1. The molecule has 3 heteroatoms. The van der Waals surface area contributed by atoms with Crippen molar-refractivity contribution in [1.29, 1.82) is 0 Å². The van der Waals surface area contributed by atoms with E-state index in [2.05, 4.69) is 48.7 Å². The molecule has 0 spiro atoms. The molecule has 0 bridgehead atoms. The third-order valence-electron chi connectivity index (χ3n) is 3.63. The van der Waals surface area contributed by atoms with E-state index < -0.39 is 0 Å². The van der Waals surface area contributed by atoms with Gasteiger partial charge in [-0.25, -0.2) is 0 Å². The topological polar surface area (TPSA) is 41.1 Å². The van der Waals surface area contributed by atoms with Gasteiger partial charge >= 0.3 is 0 Å². The van der Waals surface area contributed by atoms with Gasteiger partial charge in [0.1, 0.15) is 0 Å². The second-order valence-electron chi connectivity index (χ2n) is 5.93. The van der Waals surface area contributed by atoms with Crippen molar-refractivity contribution >= 4 is 5.91 Å². The van der Waals surface area contributed by atoms with E-state index in [1.807, 2.05) is 6.92 Å². The van der Waals surface area contributed by atoms with Crippen molar-refractivity contribution < 1.29 is 4.79 Å². The number of nitrogens with one attached hydrogen (secondary N) is 2. The Labute approximate surface area is 115 Å². The summed E-state index contributed by atoms with van der Waals surface area (Å²) in [4.78, 5) is 11.9. The quantitative estimate of drug-likeness (QED) is 0.853. The highest BCUT2D eigenvalue weighted by molar-refractivity contribution is 5.80. The lowest BCUT2D eigenvalue weighted by atomic mass is 9.98. The molecule has 1 aromatic rings. The van der Waals surface area contributed by atoms with Crippen LogP contribution in [0, 0.1) is 11.8 Å². The smallest absolute Gasteiger partial charge is 0.226 e. The molecular weight excluding hydrogens is 236 g/mol. The van der Waals surface area contributed by atoms with Gasteiger partial charge in [0.05, 0.1) is 12.0 Å². The minimum Gasteiger partial charge on any atom is -0.349 e. The highest BCUT2D eigenvalue weighted by atomic mass is 16.2. The lowest BCUT2D eigenvalue weighted by Gasteiger charge is -2.27. The van der Waals surface area contributed by atoms with E-state index in [9.17, 15) is 4.79 Å². The maximum Gasteiger partial charge on any atom is 0.226 e. The second-order valence-corrected chi connectivity index (χ2v) is 5.93. The number of benzene rings is 1. The van der Waals surface area contributed by atoms with E-state index in [1.54, 1.807) is 0 Å². The van der Waals surface area contributed by atoms with Crippen molar-refractivity contribution in [1.82, 2.24) is 10.6 Å². The first-order valence-corrected chi connectivity index (χ1v) is 7.16. The predicted molar refractivity (Wildman–Crippen MR) is 77.9 cm³/mol. The zero-order valence-corrected chi connectivity index (χ0v) is 12.1. The van der Waals surface area contributed by atoms with Crippen LogP contribution in [0.25, 0.3) is 0 Å². The molecule has 0 aromatic heterocycles. The highest BCUT2D eigenvalue weighted by Crippen LogP contribution is 2.16. The molecule has 2 rings (SSSR count). The minimum absolute atomic E-state index is 0.0844. The Morgan fingerprint density at radius 2 is 1.89 bits per heavy atom. The molecule has 1 fully saturated rings. The molecule has 0 aliphatic carbocycles. The SMILES string of the molecule is CC(C)Cc1ccc(C(C)NC(=O)C2CNC2)cc1. The fourth-order valence-electron chi connectivity index (χ4n) is 2.30. The molecule has 1 atom stereocenters. The maximum absolute atomic E-state index is 11.9. The average molecular weight is 260 g/mol. The van der Waals surface area contributed by atoms with Crippen LogP contribution in [0.4, 0.5) is 0 Å². The Balaban J connectivity index is 1.91. The first-order chi connectivity index (χ1) is 9.06. The monoisotopic (exact) mass is 260 g/mol. The van der Waals surface area contributed by atoms with Gasteiger partial charge < -0.3 is 10.6 Å². The third kappa shape index (κ3) is 3.80. The molecule has 104 valence electrons. The molecule has 1 aliphatic rings. The van der Waals surface area contributed by atoms with Crippen molar-refractivity contribution in [2.24, 2.45) is 11.8 Å². The van der Waals surface area contributed by atoms with Crippen LogP contribution in [0.15, 0.2) is 24.3 Å². The molecule has 1 unspecified atom stereocenters. The number of hydrogen-bond acceptors (Lipinski definition) is 2. The average Bonchev–Trinajstić information content (AvgIpc) is 2.26. The van der Waals surface area contributed by atoms with E-state index >= 15 is 0 Å². The Kier molecular flexibility index (Phi) is 4.59. The van der Waals surface area contributed by atoms with Crippen molar-refractivity contribution in [3.63, 3.8) is 0 Å². The van der Waals surface area contributed by atoms with Gasteiger partial charge in [0, 0.05) is 13.1 Å². The predicted octanol–water partition coefficient (Wildman–Crippen LogP) is 2.28. The number of amides is 1. The molecule has 1 saturated heterocycles. The number of hydrogen-bond donors (Lipinski definition) is 2. The summed E-state index contributed by atoms with van der Waals surface area (Å²) in [7, 11) is 0. The van der Waals surface area contributed by atoms with Crippen LogP contribution in [0.3, 0.4) is 0 Å². The van der Waals surface area contributed by atoms with Gasteiger partial charge in [-0.2, -0.15) is 0 Å². The lowest BCUT2D eigenvalue weighted by Crippen LogP contribution is -2.51. The van der Waals surface area contributed by atoms with Crippen molar-refractivity contribution in [2.75, 3.05) is 13.1 Å². The molecule has 3 nitrogen and oxygen atoms in total. The van der Waals surface area contributed by atoms with Crippen LogP contribution in [-0.4, -0.2) is 19.0 Å². The fourth-order valence-corrected chi connectivity index (χ4v) is 2.30. The van der Waals surface area contributed by atoms with E-state index in [4.69, 9.17) is 0 Å². The van der Waals surface area contributed by atoms with Gasteiger partial charge in [-0.15, -0.1) is 0 Å². The summed E-state index contributed by atoms with van der Waals surface area (Å²) in [6, 6.07) is 8.68. The summed E-state index contributed by atoms with van der Waals surface area (Å²) in [5, 5.41) is 6.20. The summed E-state index contributed by atoms with van der Waals surface area (Å²) in [6.45, 7) is 8.12. The van der Waals surface area contributed by atoms with Crippen molar-refractivity contribution in [3.05, 3.63) is 35.4 Å². The molecule has 1 aromatic carbocycles. The summed E-state index contributed by atoms with van der Waals surface area (Å²) in [5.41, 5.74) is 2.54. The number of rotatable bonds is 5. The molecule has 1 aliphatic heterocycles. The van der Waals surface area contributed by atoms with E-state index in [-0.39, 0.29) is 17.9 Å². The fraction of sp³-hybridized carbons (Fsp3) is 0.562. The van der Waals surface area contributed by atoms with Gasteiger partial charge in [-0.1, -0.05) is 38.1 Å². The second kappa shape index (κ2) is 6.20. The van der Waals surface area contributed by atoms with Gasteiger partial charge in [-0.05, 0) is 30.4 Å². The Morgan fingerprint density at radius 3 is 2.37 bits per heavy atom. The maximum atomic E-state index is 11.9. The first-order valence-electron chi connectivity index (χ1n) is 7.16. The molecule has 2 N–H and O–H groups in total. The highest BCUT2D eigenvalue weighted by Gasteiger charge is 2.25. The van der Waals surface area contributed by atoms with Crippen LogP contribution in [0.5, 0.6) is 0 Å². The van der Waals surface area contributed by atoms with Crippen molar-refractivity contribution in [2.45, 2.75) is 33.2 Å². The van der Waals surface area contributed by atoms with Crippen LogP contribution >= 0.6 is 0 Å². The summed E-state index contributed by atoms with van der Waals surface area (Å²) in [6.07, 6.45) is 1.11. The van der Waals surface area contributed by atoms with Crippen LogP contribution in [0.1, 0.15) is 37.9 Å². The summed E-state index contributed by atoms with van der Waals surface area (Å²) in [5.74, 6) is 0.995. The van der Waals surface area contributed by atoms with Crippen LogP contribution in [-0.2, 0) is 11.2 Å². The molecule has 0 saturated carbocycles. The molecule has 19 heavy (non-hydrogen) atoms. The minimum atomic E-state index is 0.0844. The Bertz CT molecular complexity index is 421. The third-order valence-corrected chi connectivity index (χ3v) is 3.63. The van der Waals surface area contributed by atoms with Gasteiger partial charge in [-0.3, -0.25) is 4.79 Å². The molecule has 1 heterocycles. The number of carbonyl (C=O) groups is 1. The van der Waals surface area contributed by atoms with E-state index in [1.165, 1.54) is 11.1 Å².